The predicted octanol–water partition coefficient (Wildman–Crippen LogP) is 3.44. The van der Waals surface area contributed by atoms with Gasteiger partial charge >= 0.3 is 0 Å². The second kappa shape index (κ2) is 11.2. The minimum atomic E-state index is 0.524. The number of rotatable bonds is 6. The zero-order valence-electron chi connectivity index (χ0n) is 28.7. The Hall–Kier alpha value is -5.40. The molecule has 5 heterocycles. The first-order valence-electron chi connectivity index (χ1n) is 15.0. The van der Waals surface area contributed by atoms with Gasteiger partial charge in [-0.2, -0.15) is 0 Å². The van der Waals surface area contributed by atoms with E-state index in [1.165, 1.54) is 0 Å². The summed E-state index contributed by atoms with van der Waals surface area (Å²) in [5, 5.41) is 0. The molecule has 3 aromatic heterocycles. The fraction of sp³-hybridized carbons (Fsp3) is 0.375. The van der Waals surface area contributed by atoms with Crippen LogP contribution in [-0.4, -0.2) is 134 Å². The molecule has 0 atom stereocenters. The van der Waals surface area contributed by atoms with Crippen LogP contribution in [0.25, 0.3) is 56.8 Å². The highest BCUT2D eigenvalue weighted by Gasteiger charge is 2.29. The van der Waals surface area contributed by atoms with Crippen molar-refractivity contribution in [2.45, 2.75) is 0 Å². The Bertz CT molecular complexity index is 2030. The van der Waals surface area contributed by atoms with Crippen molar-refractivity contribution in [2.24, 2.45) is 0 Å². The van der Waals surface area contributed by atoms with Crippen LogP contribution in [0.3, 0.4) is 0 Å². The van der Waals surface area contributed by atoms with Crippen molar-refractivity contribution in [3.63, 3.8) is 0 Å². The molecule has 0 radical (unpaired) electrons. The number of nitrogens with zero attached hydrogens (tertiary/aromatic N) is 12. The fourth-order valence-corrected chi connectivity index (χ4v) is 6.01. The Morgan fingerprint density at radius 3 is 1.07 bits per heavy atom. The van der Waals surface area contributed by atoms with E-state index in [0.29, 0.717) is 45.9 Å². The van der Waals surface area contributed by atoms with Crippen molar-refractivity contribution in [2.75, 3.05) is 104 Å². The number of fused-ring (bicyclic) bond motifs is 11. The lowest BCUT2D eigenvalue weighted by atomic mass is 10.1. The first kappa shape index (κ1) is 30.6. The van der Waals surface area contributed by atoms with E-state index < -0.39 is 0 Å². The molecule has 6 rings (SSSR count). The zero-order valence-corrected chi connectivity index (χ0v) is 28.7. The average molecular weight is 623 g/mol. The topological polar surface area (TPSA) is 128 Å². The van der Waals surface area contributed by atoms with Gasteiger partial charge < -0.3 is 39.4 Å². The third-order valence-corrected chi connectivity index (χ3v) is 7.85. The van der Waals surface area contributed by atoms with Crippen LogP contribution in [0.2, 0.25) is 0 Å². The molecule has 0 saturated heterocycles. The second-order valence-electron chi connectivity index (χ2n) is 12.6. The molecule has 14 heteroatoms. The van der Waals surface area contributed by atoms with Crippen LogP contribution < -0.4 is 19.6 Å². The van der Waals surface area contributed by atoms with Crippen LogP contribution in [0.1, 0.15) is 11.6 Å². The first-order valence-corrected chi connectivity index (χ1v) is 15.0. The van der Waals surface area contributed by atoms with Gasteiger partial charge in [0.1, 0.15) is 34.1 Å². The SMILES string of the molecule is CN(C)C1=C(N(C)C)c2nc1nc1nc(nc3[nH]c(nc4[nH]c(n2)c(N(C)C)c4N(C)C)c(N(C)C)c3N(C)C)-c2ccccc2-1. The molecule has 240 valence electrons. The van der Waals surface area contributed by atoms with E-state index in [1.54, 1.807) is 0 Å². The lowest BCUT2D eigenvalue weighted by molar-refractivity contribution is 0.553. The van der Waals surface area contributed by atoms with Crippen molar-refractivity contribution < 1.29 is 0 Å². The molecule has 2 aliphatic heterocycles. The predicted molar refractivity (Wildman–Crippen MR) is 188 cm³/mol. The van der Waals surface area contributed by atoms with Crippen LogP contribution >= 0.6 is 0 Å². The summed E-state index contributed by atoms with van der Waals surface area (Å²) in [6.07, 6.45) is 0. The molecule has 46 heavy (non-hydrogen) atoms. The quantitative estimate of drug-likeness (QED) is 0.288. The normalized spacial score (nSPS) is 12.3. The third kappa shape index (κ3) is 4.89. The highest BCUT2D eigenvalue weighted by atomic mass is 15.2. The van der Waals surface area contributed by atoms with Crippen LogP contribution in [0, 0.1) is 0 Å². The summed E-state index contributed by atoms with van der Waals surface area (Å²) >= 11 is 0. The van der Waals surface area contributed by atoms with Gasteiger partial charge in [-0.05, 0) is 0 Å². The number of anilines is 4. The molecular weight excluding hydrogens is 580 g/mol. The van der Waals surface area contributed by atoms with Crippen molar-refractivity contribution in [3.05, 3.63) is 35.9 Å². The van der Waals surface area contributed by atoms with Gasteiger partial charge in [-0.15, -0.1) is 0 Å². The minimum absolute atomic E-state index is 0.524. The van der Waals surface area contributed by atoms with E-state index >= 15 is 0 Å². The summed E-state index contributed by atoms with van der Waals surface area (Å²) in [5.74, 6) is 2.16. The summed E-state index contributed by atoms with van der Waals surface area (Å²) in [6, 6.07) is 8.02. The van der Waals surface area contributed by atoms with E-state index in [0.717, 1.165) is 45.3 Å². The van der Waals surface area contributed by atoms with Gasteiger partial charge in [0.05, 0.1) is 0 Å². The van der Waals surface area contributed by atoms with E-state index in [2.05, 4.69) is 9.97 Å². The van der Waals surface area contributed by atoms with E-state index in [4.69, 9.17) is 29.9 Å². The molecule has 1 aromatic carbocycles. The first-order chi connectivity index (χ1) is 21.8. The van der Waals surface area contributed by atoms with Crippen molar-refractivity contribution in [1.29, 1.82) is 0 Å². The lowest BCUT2D eigenvalue weighted by Crippen LogP contribution is -2.18. The van der Waals surface area contributed by atoms with Gasteiger partial charge in [-0.3, -0.25) is 0 Å². The number of hydrogen-bond acceptors (Lipinski definition) is 12. The minimum Gasteiger partial charge on any atom is -0.373 e. The highest BCUT2D eigenvalue weighted by Crippen LogP contribution is 2.40. The number of benzene rings is 1. The van der Waals surface area contributed by atoms with Crippen LogP contribution in [0.5, 0.6) is 0 Å². The number of nitrogens with one attached hydrogen (secondary N) is 2. The summed E-state index contributed by atoms with van der Waals surface area (Å²) in [7, 11) is 24.0. The van der Waals surface area contributed by atoms with Gasteiger partial charge in [0, 0.05) is 95.7 Å². The summed E-state index contributed by atoms with van der Waals surface area (Å²) in [6.45, 7) is 0. The molecule has 2 N–H and O–H groups in total. The molecule has 0 fully saturated rings. The standard InChI is InChI=1S/C32H42N14/c1-41(2)19-21(43(5)6)29-36-27(19)34-25-17-15-13-14-16-18(17)26(33-25)35-28-20(42(3)4)22(44(7)8)30(37-28)39-32-24(46(11)12)23(45(9)10)31(38-29)40-32/h13-16H,1-12H3,(H2,33,34,35,36,37,38,39,40). The van der Waals surface area contributed by atoms with Gasteiger partial charge in [-0.25, -0.2) is 29.9 Å². The zero-order chi connectivity index (χ0) is 33.2. The van der Waals surface area contributed by atoms with Gasteiger partial charge in [-0.1, -0.05) is 24.3 Å². The molecular formula is C32H42N14. The Balaban J connectivity index is 1.90. The Morgan fingerprint density at radius 1 is 0.370 bits per heavy atom. The maximum atomic E-state index is 5.22. The molecule has 0 amide bonds. The van der Waals surface area contributed by atoms with Crippen molar-refractivity contribution in [1.82, 2.24) is 49.7 Å². The Morgan fingerprint density at radius 2 is 0.674 bits per heavy atom. The van der Waals surface area contributed by atoms with Crippen LogP contribution in [0.4, 0.5) is 22.7 Å². The number of H-pyrrole nitrogens is 2. The van der Waals surface area contributed by atoms with Gasteiger partial charge in [0.25, 0.3) is 0 Å². The lowest BCUT2D eigenvalue weighted by Gasteiger charge is -2.20. The molecule has 4 aromatic rings. The smallest absolute Gasteiger partial charge is 0.182 e. The largest absolute Gasteiger partial charge is 0.373 e. The number of hydrogen-bond donors (Lipinski definition) is 2. The van der Waals surface area contributed by atoms with Crippen molar-refractivity contribution >= 4 is 56.7 Å². The third-order valence-electron chi connectivity index (χ3n) is 7.85. The molecule has 14 nitrogen and oxygen atoms in total. The number of aromatic amines is 2. The van der Waals surface area contributed by atoms with Crippen LogP contribution in [0.15, 0.2) is 24.3 Å². The molecule has 8 bridgehead atoms. The highest BCUT2D eigenvalue weighted by molar-refractivity contribution is 5.99. The summed E-state index contributed by atoms with van der Waals surface area (Å²) in [5.41, 5.74) is 9.60. The molecule has 0 unspecified atom stereocenters. The monoisotopic (exact) mass is 622 g/mol. The van der Waals surface area contributed by atoms with Gasteiger partial charge in [0.15, 0.2) is 45.9 Å². The van der Waals surface area contributed by atoms with E-state index in [1.807, 2.05) is 138 Å². The van der Waals surface area contributed by atoms with Gasteiger partial charge in [0.2, 0.25) is 0 Å². The van der Waals surface area contributed by atoms with Crippen LogP contribution in [-0.2, 0) is 0 Å². The maximum Gasteiger partial charge on any atom is 0.182 e. The van der Waals surface area contributed by atoms with Crippen molar-refractivity contribution in [3.8, 4) is 22.8 Å². The molecule has 0 spiro atoms. The molecule has 2 aliphatic rings. The maximum absolute atomic E-state index is 5.22. The van der Waals surface area contributed by atoms with E-state index in [-0.39, 0.29) is 0 Å². The average Bonchev–Trinajstić information content (AvgIpc) is 3.70. The second-order valence-corrected chi connectivity index (χ2v) is 12.6. The summed E-state index contributed by atoms with van der Waals surface area (Å²) < 4.78 is 0. The number of aromatic nitrogens is 8. The molecule has 0 saturated carbocycles. The fourth-order valence-electron chi connectivity index (χ4n) is 6.01. The Kier molecular flexibility index (Phi) is 7.45. The molecule has 0 aliphatic carbocycles. The Labute approximate surface area is 269 Å². The van der Waals surface area contributed by atoms with E-state index in [9.17, 15) is 0 Å². The summed E-state index contributed by atoms with van der Waals surface area (Å²) in [4.78, 5) is 49.9.